The fraction of sp³-hybridized carbons (Fsp3) is 0.526. The molecule has 1 aromatic carbocycles. The molecule has 2 heterocycles. The van der Waals surface area contributed by atoms with Crippen molar-refractivity contribution in [1.29, 1.82) is 0 Å². The first-order valence-corrected chi connectivity index (χ1v) is 11.7. The molecule has 10 nitrogen and oxygen atoms in total. The quantitative estimate of drug-likeness (QED) is 0.671. The number of hydrogen-bond donors (Lipinski definition) is 1. The highest BCUT2D eigenvalue weighted by Gasteiger charge is 2.26. The summed E-state index contributed by atoms with van der Waals surface area (Å²) in [6.07, 6.45) is 1.48. The molecule has 0 aliphatic carbocycles. The minimum Gasteiger partial charge on any atom is -0.446 e. The second kappa shape index (κ2) is 9.71. The van der Waals surface area contributed by atoms with Crippen molar-refractivity contribution >= 4 is 21.8 Å². The summed E-state index contributed by atoms with van der Waals surface area (Å²) in [4.78, 5) is 20.2. The number of aromatic nitrogens is 2. The summed E-state index contributed by atoms with van der Waals surface area (Å²) >= 11 is 0. The number of aryl methyl sites for hydroxylation is 1. The van der Waals surface area contributed by atoms with Crippen LogP contribution in [0.4, 0.5) is 14.9 Å². The number of carbonyl (C=O) groups is 1. The van der Waals surface area contributed by atoms with Gasteiger partial charge >= 0.3 is 6.09 Å². The Hall–Kier alpha value is -2.57. The predicted molar refractivity (Wildman–Crippen MR) is 112 cm³/mol. The van der Waals surface area contributed by atoms with Gasteiger partial charge in [0, 0.05) is 33.2 Å². The molecule has 0 unspecified atom stereocenters. The van der Waals surface area contributed by atoms with E-state index in [2.05, 4.69) is 19.8 Å². The van der Waals surface area contributed by atoms with Crippen LogP contribution < -0.4 is 9.62 Å². The number of ether oxygens (including phenoxy) is 1. The second-order valence-corrected chi connectivity index (χ2v) is 9.29. The number of amides is 1. The first-order chi connectivity index (χ1) is 14.6. The lowest BCUT2D eigenvalue weighted by atomic mass is 10.1. The molecule has 3 rings (SSSR count). The van der Waals surface area contributed by atoms with Crippen LogP contribution in [-0.2, 0) is 14.8 Å². The second-order valence-electron chi connectivity index (χ2n) is 7.46. The molecule has 1 fully saturated rings. The van der Waals surface area contributed by atoms with Gasteiger partial charge < -0.3 is 14.2 Å². The molecule has 170 valence electrons. The van der Waals surface area contributed by atoms with Crippen molar-refractivity contribution in [2.45, 2.75) is 25.9 Å². The summed E-state index contributed by atoms with van der Waals surface area (Å²) < 4.78 is 49.4. The molecule has 0 bridgehead atoms. The Morgan fingerprint density at radius 1 is 1.39 bits per heavy atom. The summed E-state index contributed by atoms with van der Waals surface area (Å²) in [6, 6.07) is 3.95. The summed E-state index contributed by atoms with van der Waals surface area (Å²) in [7, 11) is -1.71. The maximum atomic E-state index is 13.9. The van der Waals surface area contributed by atoms with Gasteiger partial charge in [-0.25, -0.2) is 22.3 Å². The number of piperidine rings is 1. The van der Waals surface area contributed by atoms with Crippen LogP contribution in [0.2, 0.25) is 0 Å². The van der Waals surface area contributed by atoms with Gasteiger partial charge in [0.05, 0.1) is 17.5 Å². The average molecular weight is 456 g/mol. The molecule has 1 saturated heterocycles. The molecule has 2 aromatic rings. The monoisotopic (exact) mass is 455 g/mol. The summed E-state index contributed by atoms with van der Waals surface area (Å²) in [6.45, 7) is 3.95. The zero-order valence-electron chi connectivity index (χ0n) is 17.7. The number of anilines is 1. The zero-order chi connectivity index (χ0) is 22.6. The van der Waals surface area contributed by atoms with E-state index in [0.717, 1.165) is 6.26 Å². The highest BCUT2D eigenvalue weighted by atomic mass is 32.2. The van der Waals surface area contributed by atoms with E-state index in [1.54, 1.807) is 6.92 Å². The van der Waals surface area contributed by atoms with Crippen molar-refractivity contribution in [3.8, 4) is 11.5 Å². The Morgan fingerprint density at radius 2 is 2.10 bits per heavy atom. The SMILES string of the molecule is Cc1noc(-c2ccc(F)cc2N(C)C(=O)OC2CCN(CCNS(C)(=O)=O)CC2)n1. The summed E-state index contributed by atoms with van der Waals surface area (Å²) in [5.41, 5.74) is 0.688. The Balaban J connectivity index is 1.58. The van der Waals surface area contributed by atoms with E-state index in [4.69, 9.17) is 9.26 Å². The molecule has 0 radical (unpaired) electrons. The minimum atomic E-state index is -3.21. The highest BCUT2D eigenvalue weighted by molar-refractivity contribution is 7.88. The highest BCUT2D eigenvalue weighted by Crippen LogP contribution is 2.31. The molecule has 0 atom stereocenters. The molecule has 31 heavy (non-hydrogen) atoms. The third-order valence-electron chi connectivity index (χ3n) is 4.95. The van der Waals surface area contributed by atoms with Crippen LogP contribution in [0.5, 0.6) is 0 Å². The average Bonchev–Trinajstić information content (AvgIpc) is 3.13. The van der Waals surface area contributed by atoms with Crippen LogP contribution in [0.15, 0.2) is 22.7 Å². The number of rotatable bonds is 7. The Labute approximate surface area is 180 Å². The molecule has 0 spiro atoms. The van der Waals surface area contributed by atoms with E-state index in [1.807, 2.05) is 0 Å². The first kappa shape index (κ1) is 23.1. The van der Waals surface area contributed by atoms with Crippen LogP contribution in [0.1, 0.15) is 18.7 Å². The molecule has 0 saturated carbocycles. The molecule has 1 aliphatic rings. The number of nitrogens with zero attached hydrogens (tertiary/aromatic N) is 4. The van der Waals surface area contributed by atoms with Crippen molar-refractivity contribution in [3.05, 3.63) is 29.8 Å². The Kier molecular flexibility index (Phi) is 7.23. The predicted octanol–water partition coefficient (Wildman–Crippen LogP) is 1.77. The molecule has 1 N–H and O–H groups in total. The number of nitrogens with one attached hydrogen (secondary N) is 1. The van der Waals surface area contributed by atoms with Crippen LogP contribution >= 0.6 is 0 Å². The molecular formula is C19H26FN5O5S. The number of hydrogen-bond acceptors (Lipinski definition) is 8. The maximum Gasteiger partial charge on any atom is 0.414 e. The van der Waals surface area contributed by atoms with Crippen molar-refractivity contribution in [2.24, 2.45) is 0 Å². The molecule has 12 heteroatoms. The fourth-order valence-corrected chi connectivity index (χ4v) is 3.79. The first-order valence-electron chi connectivity index (χ1n) is 9.84. The van der Waals surface area contributed by atoms with Gasteiger partial charge in [0.15, 0.2) is 5.82 Å². The van der Waals surface area contributed by atoms with Crippen LogP contribution in [-0.4, -0.2) is 75.1 Å². The van der Waals surface area contributed by atoms with Gasteiger partial charge in [-0.1, -0.05) is 5.16 Å². The third-order valence-corrected chi connectivity index (χ3v) is 5.68. The lowest BCUT2D eigenvalue weighted by Gasteiger charge is -2.32. The number of sulfonamides is 1. The van der Waals surface area contributed by atoms with E-state index in [-0.39, 0.29) is 17.7 Å². The summed E-state index contributed by atoms with van der Waals surface area (Å²) in [5.74, 6) is 0.0998. The van der Waals surface area contributed by atoms with E-state index in [9.17, 15) is 17.6 Å². The van der Waals surface area contributed by atoms with Gasteiger partial charge in [0.2, 0.25) is 10.0 Å². The van der Waals surface area contributed by atoms with E-state index >= 15 is 0 Å². The lowest BCUT2D eigenvalue weighted by Crippen LogP contribution is -2.42. The van der Waals surface area contributed by atoms with Gasteiger partial charge in [-0.2, -0.15) is 4.98 Å². The van der Waals surface area contributed by atoms with Gasteiger partial charge in [0.25, 0.3) is 5.89 Å². The normalized spacial score (nSPS) is 15.7. The number of likely N-dealkylation sites (tertiary alicyclic amines) is 1. The maximum absolute atomic E-state index is 13.9. The standard InChI is InChI=1S/C19H26FN5O5S/c1-13-22-18(30-23-13)16-5-4-14(20)12-17(16)24(2)19(26)29-15-6-9-25(10-7-15)11-8-21-31(3,27)28/h4-5,12,15,21H,6-11H2,1-3H3. The van der Waals surface area contributed by atoms with Gasteiger partial charge in [-0.05, 0) is 38.0 Å². The molecule has 1 aromatic heterocycles. The molecule has 1 aliphatic heterocycles. The lowest BCUT2D eigenvalue weighted by molar-refractivity contribution is 0.0562. The Bertz CT molecular complexity index is 1020. The fourth-order valence-electron chi connectivity index (χ4n) is 3.33. The third kappa shape index (κ3) is 6.45. The van der Waals surface area contributed by atoms with E-state index in [1.165, 1.54) is 30.1 Å². The molecular weight excluding hydrogens is 429 g/mol. The number of benzene rings is 1. The van der Waals surface area contributed by atoms with Crippen LogP contribution in [0.3, 0.4) is 0 Å². The minimum absolute atomic E-state index is 0.183. The van der Waals surface area contributed by atoms with Gasteiger partial charge in [-0.3, -0.25) is 4.90 Å². The van der Waals surface area contributed by atoms with E-state index < -0.39 is 21.9 Å². The van der Waals surface area contributed by atoms with Gasteiger partial charge in [0.1, 0.15) is 11.9 Å². The van der Waals surface area contributed by atoms with Crippen molar-refractivity contribution in [2.75, 3.05) is 44.4 Å². The number of halogens is 1. The topological polar surface area (TPSA) is 118 Å². The largest absolute Gasteiger partial charge is 0.446 e. The van der Waals surface area contributed by atoms with Crippen molar-refractivity contribution < 1.29 is 26.9 Å². The smallest absolute Gasteiger partial charge is 0.414 e. The number of carbonyl (C=O) groups excluding carboxylic acids is 1. The van der Waals surface area contributed by atoms with Crippen LogP contribution in [0, 0.1) is 12.7 Å². The Morgan fingerprint density at radius 3 is 2.71 bits per heavy atom. The van der Waals surface area contributed by atoms with Crippen molar-refractivity contribution in [1.82, 2.24) is 19.8 Å². The summed E-state index contributed by atoms with van der Waals surface area (Å²) in [5, 5.41) is 3.74. The van der Waals surface area contributed by atoms with Crippen molar-refractivity contribution in [3.63, 3.8) is 0 Å². The van der Waals surface area contributed by atoms with E-state index in [0.29, 0.717) is 50.4 Å². The van der Waals surface area contributed by atoms with Crippen LogP contribution in [0.25, 0.3) is 11.5 Å². The van der Waals surface area contributed by atoms with Gasteiger partial charge in [-0.15, -0.1) is 0 Å². The zero-order valence-corrected chi connectivity index (χ0v) is 18.5. The molecule has 1 amide bonds.